The predicted molar refractivity (Wildman–Crippen MR) is 225 cm³/mol. The number of aryl methyl sites for hydroxylation is 1. The molecule has 0 saturated carbocycles. The van der Waals surface area contributed by atoms with Gasteiger partial charge in [-0.3, -0.25) is 0 Å². The fraction of sp³-hybridized carbons (Fsp3) is 0.262. The number of aromatic nitrogens is 3. The van der Waals surface area contributed by atoms with E-state index in [1.165, 1.54) is 68.8 Å². The van der Waals surface area contributed by atoms with Crippen molar-refractivity contribution in [3.63, 3.8) is 0 Å². The number of hydrogen-bond donors (Lipinski definition) is 0. The molecule has 1 aliphatic heterocycles. The summed E-state index contributed by atoms with van der Waals surface area (Å²) in [5.74, 6) is 0. The highest BCUT2D eigenvalue weighted by Crippen LogP contribution is 2.37. The number of thiazole rings is 3. The first-order valence-electron chi connectivity index (χ1n) is 17.6. The summed E-state index contributed by atoms with van der Waals surface area (Å²) in [7, 11) is -0.257. The van der Waals surface area contributed by atoms with Crippen molar-refractivity contribution in [1.29, 1.82) is 0 Å². The lowest BCUT2D eigenvalue weighted by Crippen LogP contribution is -2.41. The molecule has 3 aromatic carbocycles. The van der Waals surface area contributed by atoms with Crippen molar-refractivity contribution in [2.24, 2.45) is 0 Å². The van der Waals surface area contributed by atoms with Gasteiger partial charge in [0.25, 0.3) is 0 Å². The first-order valence-corrected chi connectivity index (χ1v) is 21.0. The lowest BCUT2D eigenvalue weighted by Gasteiger charge is -2.32. The van der Waals surface area contributed by atoms with Crippen LogP contribution in [0.5, 0.6) is 0 Å². The lowest BCUT2D eigenvalue weighted by molar-refractivity contribution is 0.00578. The standard InChI is InChI=1S/C15H19BO2.C12H11NS.C12H9NS.C3H2BrNS/c1-14(2)15(3,4)18-16(17-14)13-10-6-8-11-7-5-9-12(11)13;2*1-3-9-4-2-6-11(10(9)5-1)12-13-7-8-14-12;4-3-5-1-2-6-3/h5-6,8-10H,7H2,1-4H3;2,4,6-8H,1,3,5H2;1-2,4-8H,3H2;1-2H. The van der Waals surface area contributed by atoms with Gasteiger partial charge in [0.1, 0.15) is 10.0 Å². The van der Waals surface area contributed by atoms with Gasteiger partial charge in [0.05, 0.1) is 11.2 Å². The summed E-state index contributed by atoms with van der Waals surface area (Å²) in [5, 5.41) is 8.28. The van der Waals surface area contributed by atoms with E-state index in [0.717, 1.165) is 27.2 Å². The Bertz CT molecular complexity index is 2140. The fourth-order valence-corrected chi connectivity index (χ4v) is 8.88. The van der Waals surface area contributed by atoms with E-state index in [-0.39, 0.29) is 18.3 Å². The number of benzene rings is 3. The van der Waals surface area contributed by atoms with Crippen molar-refractivity contribution >= 4 is 74.7 Å². The summed E-state index contributed by atoms with van der Waals surface area (Å²) in [6, 6.07) is 19.4. The van der Waals surface area contributed by atoms with Crippen LogP contribution >= 0.6 is 49.9 Å². The van der Waals surface area contributed by atoms with Gasteiger partial charge in [0.2, 0.25) is 0 Å². The fourth-order valence-electron chi connectivity index (χ4n) is 6.71. The molecule has 0 atom stereocenters. The molecule has 1 saturated heterocycles. The zero-order valence-electron chi connectivity index (χ0n) is 29.8. The summed E-state index contributed by atoms with van der Waals surface area (Å²) >= 11 is 8.20. The zero-order chi connectivity index (χ0) is 36.1. The Morgan fingerprint density at radius 1 is 0.635 bits per heavy atom. The number of fused-ring (bicyclic) bond motifs is 3. The van der Waals surface area contributed by atoms with E-state index >= 15 is 0 Å². The molecule has 1 fully saturated rings. The number of rotatable bonds is 3. The second-order valence-electron chi connectivity index (χ2n) is 13.9. The van der Waals surface area contributed by atoms with Crippen LogP contribution in [0.25, 0.3) is 33.3 Å². The van der Waals surface area contributed by atoms with E-state index in [9.17, 15) is 0 Å². The Morgan fingerprint density at radius 2 is 1.19 bits per heavy atom. The molecule has 10 heteroatoms. The molecule has 3 aromatic heterocycles. The van der Waals surface area contributed by atoms with Crippen LogP contribution < -0.4 is 5.46 Å². The Kier molecular flexibility index (Phi) is 11.5. The first kappa shape index (κ1) is 36.8. The summed E-state index contributed by atoms with van der Waals surface area (Å²) in [6.07, 6.45) is 20.1. The molecular formula is C42H41BBrN3O2S3. The molecular weight excluding hydrogens is 765 g/mol. The van der Waals surface area contributed by atoms with Gasteiger partial charge >= 0.3 is 7.12 Å². The van der Waals surface area contributed by atoms with Crippen LogP contribution in [0.4, 0.5) is 0 Å². The van der Waals surface area contributed by atoms with E-state index in [1.807, 2.05) is 28.5 Å². The highest BCUT2D eigenvalue weighted by atomic mass is 79.9. The second kappa shape index (κ2) is 16.2. The van der Waals surface area contributed by atoms with Crippen LogP contribution in [0.3, 0.4) is 0 Å². The molecule has 10 rings (SSSR count). The van der Waals surface area contributed by atoms with Crippen LogP contribution in [0, 0.1) is 0 Å². The summed E-state index contributed by atoms with van der Waals surface area (Å²) < 4.78 is 13.2. The molecule has 0 spiro atoms. The van der Waals surface area contributed by atoms with Crippen molar-refractivity contribution < 1.29 is 9.31 Å². The second-order valence-corrected chi connectivity index (χ2v) is 17.8. The van der Waals surface area contributed by atoms with Crippen molar-refractivity contribution in [3.05, 3.63) is 139 Å². The third kappa shape index (κ3) is 8.18. The van der Waals surface area contributed by atoms with E-state index in [0.29, 0.717) is 0 Å². The first-order chi connectivity index (χ1) is 25.2. The molecule has 5 nitrogen and oxygen atoms in total. The number of nitrogens with zero attached hydrogens (tertiary/aromatic N) is 3. The van der Waals surface area contributed by atoms with Crippen molar-refractivity contribution in [3.8, 4) is 21.1 Å². The van der Waals surface area contributed by atoms with Crippen LogP contribution in [0.2, 0.25) is 0 Å². The number of allylic oxidation sites excluding steroid dienone is 2. The average Bonchev–Trinajstić information content (AvgIpc) is 4.00. The summed E-state index contributed by atoms with van der Waals surface area (Å²) in [6.45, 7) is 8.36. The maximum absolute atomic E-state index is 6.12. The maximum atomic E-state index is 6.12. The third-order valence-electron chi connectivity index (χ3n) is 10.1. The Hall–Kier alpha value is -3.51. The Morgan fingerprint density at radius 3 is 1.79 bits per heavy atom. The molecule has 0 unspecified atom stereocenters. The zero-order valence-corrected chi connectivity index (χ0v) is 33.9. The molecule has 0 radical (unpaired) electrons. The number of hydrogen-bond acceptors (Lipinski definition) is 8. The monoisotopic (exact) mass is 805 g/mol. The predicted octanol–water partition coefficient (Wildman–Crippen LogP) is 11.1. The largest absolute Gasteiger partial charge is 0.495 e. The lowest BCUT2D eigenvalue weighted by atomic mass is 9.75. The molecule has 3 aliphatic carbocycles. The quantitative estimate of drug-likeness (QED) is 0.167. The van der Waals surface area contributed by atoms with Crippen molar-refractivity contribution in [2.75, 3.05) is 0 Å². The van der Waals surface area contributed by atoms with Crippen molar-refractivity contribution in [1.82, 2.24) is 15.0 Å². The van der Waals surface area contributed by atoms with Gasteiger partial charge in [-0.05, 0) is 115 Å². The average molecular weight is 807 g/mol. The summed E-state index contributed by atoms with van der Waals surface area (Å²) in [4.78, 5) is 12.6. The molecule has 0 amide bonds. The maximum Gasteiger partial charge on any atom is 0.495 e. The number of halogens is 1. The van der Waals surface area contributed by atoms with Gasteiger partial charge < -0.3 is 9.31 Å². The van der Waals surface area contributed by atoms with E-state index in [2.05, 4.69) is 137 Å². The summed E-state index contributed by atoms with van der Waals surface area (Å²) in [5.41, 5.74) is 11.7. The van der Waals surface area contributed by atoms with Gasteiger partial charge in [-0.2, -0.15) is 0 Å². The van der Waals surface area contributed by atoms with Crippen LogP contribution in [-0.4, -0.2) is 33.3 Å². The van der Waals surface area contributed by atoms with Crippen LogP contribution in [-0.2, 0) is 35.0 Å². The minimum absolute atomic E-state index is 0.257. The van der Waals surface area contributed by atoms with Gasteiger partial charge in [0.15, 0.2) is 3.92 Å². The van der Waals surface area contributed by atoms with E-state index < -0.39 is 0 Å². The third-order valence-corrected chi connectivity index (χ3v) is 13.0. The Labute approximate surface area is 327 Å². The normalized spacial score (nSPS) is 16.5. The van der Waals surface area contributed by atoms with E-state index in [1.54, 1.807) is 40.2 Å². The minimum atomic E-state index is -0.275. The smallest absolute Gasteiger partial charge is 0.399 e. The molecule has 4 heterocycles. The molecule has 6 aromatic rings. The van der Waals surface area contributed by atoms with Gasteiger partial charge in [-0.1, -0.05) is 78.9 Å². The van der Waals surface area contributed by atoms with Gasteiger partial charge in [-0.15, -0.1) is 34.0 Å². The van der Waals surface area contributed by atoms with Gasteiger partial charge in [-0.25, -0.2) is 15.0 Å². The molecule has 0 N–H and O–H groups in total. The highest BCUT2D eigenvalue weighted by Gasteiger charge is 2.52. The van der Waals surface area contributed by atoms with Gasteiger partial charge in [0, 0.05) is 45.9 Å². The van der Waals surface area contributed by atoms with Crippen molar-refractivity contribution in [2.45, 2.75) is 71.0 Å². The van der Waals surface area contributed by atoms with Crippen LogP contribution in [0.1, 0.15) is 67.5 Å². The SMILES string of the molecule is Brc1nccs1.C1=Cc2c(cccc2-c2nccs2)C1.CC1(C)OB(c2cccc3c2C=CC3)OC1(C)C.c1cc2c(c(-c3nccs3)c1)CCC2. The topological polar surface area (TPSA) is 57.1 Å². The molecule has 52 heavy (non-hydrogen) atoms. The highest BCUT2D eigenvalue weighted by molar-refractivity contribution is 9.11. The van der Waals surface area contributed by atoms with Crippen LogP contribution in [0.15, 0.2) is 105 Å². The minimum Gasteiger partial charge on any atom is -0.399 e. The van der Waals surface area contributed by atoms with E-state index in [4.69, 9.17) is 9.31 Å². The molecule has 264 valence electrons. The molecule has 4 aliphatic rings. The Balaban J connectivity index is 0.000000113. The molecule has 0 bridgehead atoms.